The molecule has 2 aromatic rings. The summed E-state index contributed by atoms with van der Waals surface area (Å²) in [4.78, 5) is 3.24. The van der Waals surface area contributed by atoms with E-state index in [0.717, 1.165) is 0 Å². The van der Waals surface area contributed by atoms with Gasteiger partial charge in [-0.2, -0.15) is 11.1 Å². The van der Waals surface area contributed by atoms with Gasteiger partial charge in [0.25, 0.3) is 0 Å². The number of nitrogens with one attached hydrogen (secondary N) is 5. The second-order valence-electron chi connectivity index (χ2n) is 6.67. The number of anilines is 1. The minimum atomic E-state index is -4.42. The predicted molar refractivity (Wildman–Crippen MR) is 105 cm³/mol. The molecule has 2 fully saturated rings. The highest BCUT2D eigenvalue weighted by atomic mass is 32.2. The van der Waals surface area contributed by atoms with Gasteiger partial charge in [0, 0.05) is 30.4 Å². The van der Waals surface area contributed by atoms with Gasteiger partial charge in [0.1, 0.15) is 16.9 Å². The average molecular weight is 441 g/mol. The zero-order valence-electron chi connectivity index (χ0n) is 15.0. The monoisotopic (exact) mass is 440 g/mol. The molecule has 1 aromatic heterocycles. The number of hydrazine groups is 3. The van der Waals surface area contributed by atoms with Gasteiger partial charge < -0.3 is 11.1 Å². The molecule has 0 amide bonds. The number of rotatable bonds is 5. The molecule has 156 valence electrons. The van der Waals surface area contributed by atoms with E-state index in [2.05, 4.69) is 32.2 Å². The zero-order valence-corrected chi connectivity index (χ0v) is 16.6. The maximum atomic E-state index is 13.1. The fourth-order valence-corrected chi connectivity index (χ4v) is 6.50. The number of sulfonamides is 1. The molecule has 29 heavy (non-hydrogen) atoms. The highest BCUT2D eigenvalue weighted by molar-refractivity contribution is 7.94. The van der Waals surface area contributed by atoms with Gasteiger partial charge in [-0.25, -0.2) is 37.8 Å². The Morgan fingerprint density at radius 1 is 1.00 bits per heavy atom. The van der Waals surface area contributed by atoms with Crippen molar-refractivity contribution >= 4 is 25.7 Å². The Morgan fingerprint density at radius 2 is 1.69 bits per heavy atom. The number of benzene rings is 1. The van der Waals surface area contributed by atoms with Crippen LogP contribution in [0.15, 0.2) is 40.3 Å². The third-order valence-electron chi connectivity index (χ3n) is 4.82. The zero-order chi connectivity index (χ0) is 20.8. The molecule has 3 heterocycles. The number of nitrogens with two attached hydrogens (primary N) is 2. The molecule has 0 saturated carbocycles. The molecule has 14 heteroatoms. The highest BCUT2D eigenvalue weighted by Crippen LogP contribution is 2.37. The first-order chi connectivity index (χ1) is 13.7. The fraction of sp³-hybridized carbons (Fsp3) is 0.267. The largest absolute Gasteiger partial charge is 0.384 e. The molecule has 2 saturated heterocycles. The van der Waals surface area contributed by atoms with Crippen LogP contribution in [0, 0.1) is 0 Å². The molecule has 0 aliphatic carbocycles. The summed E-state index contributed by atoms with van der Waals surface area (Å²) in [6, 6.07) is 6.04. The molecule has 12 nitrogen and oxygen atoms in total. The lowest BCUT2D eigenvalue weighted by atomic mass is 9.99. The van der Waals surface area contributed by atoms with Gasteiger partial charge in [-0.1, -0.05) is 6.07 Å². The van der Waals surface area contributed by atoms with Crippen molar-refractivity contribution < 1.29 is 16.8 Å². The van der Waals surface area contributed by atoms with Gasteiger partial charge in [-0.05, 0) is 23.8 Å². The lowest BCUT2D eigenvalue weighted by molar-refractivity contribution is 0.491. The number of nitrogens with zero attached hydrogens (tertiary/aromatic N) is 1. The van der Waals surface area contributed by atoms with Crippen molar-refractivity contribution in [3.8, 4) is 11.1 Å². The average Bonchev–Trinajstić information content (AvgIpc) is 3.13. The molecule has 0 spiro atoms. The van der Waals surface area contributed by atoms with E-state index in [1.165, 1.54) is 18.3 Å². The minimum absolute atomic E-state index is 0.143. The number of hydrogen-bond donors (Lipinski definition) is 7. The Morgan fingerprint density at radius 3 is 2.21 bits per heavy atom. The second-order valence-corrected chi connectivity index (χ2v) is 10.4. The Hall–Kier alpha value is -2.17. The van der Waals surface area contributed by atoms with Crippen LogP contribution in [0.4, 0.5) is 5.82 Å². The second kappa shape index (κ2) is 7.26. The van der Waals surface area contributed by atoms with Gasteiger partial charge in [-0.3, -0.25) is 0 Å². The van der Waals surface area contributed by atoms with Crippen molar-refractivity contribution in [2.45, 2.75) is 21.2 Å². The van der Waals surface area contributed by atoms with E-state index in [1.54, 1.807) is 12.1 Å². The van der Waals surface area contributed by atoms with Crippen molar-refractivity contribution in [2.75, 3.05) is 18.8 Å². The van der Waals surface area contributed by atoms with Crippen molar-refractivity contribution in [3.05, 3.63) is 36.0 Å². The van der Waals surface area contributed by atoms with Crippen LogP contribution in [0.5, 0.6) is 0 Å². The molecule has 2 aliphatic heterocycles. The van der Waals surface area contributed by atoms with Crippen molar-refractivity contribution in [2.24, 2.45) is 5.14 Å². The Balaban J connectivity index is 2.02. The number of sulfone groups is 1. The van der Waals surface area contributed by atoms with Gasteiger partial charge >= 0.3 is 0 Å². The number of primary sulfonamides is 1. The first-order valence-electron chi connectivity index (χ1n) is 8.57. The Labute approximate surface area is 167 Å². The highest BCUT2D eigenvalue weighted by Gasteiger charge is 2.39. The first-order valence-corrected chi connectivity index (χ1v) is 11.7. The maximum absolute atomic E-state index is 13.1. The number of hydrogen-bond acceptors (Lipinski definition) is 11. The Kier molecular flexibility index (Phi) is 5.04. The molecule has 1 aromatic carbocycles. The third kappa shape index (κ3) is 3.60. The smallest absolute Gasteiger partial charge is 0.239 e. The summed E-state index contributed by atoms with van der Waals surface area (Å²) < 4.78 is 51.4. The van der Waals surface area contributed by atoms with Gasteiger partial charge in [0.05, 0.1) is 10.1 Å². The third-order valence-corrected chi connectivity index (χ3v) is 8.12. The van der Waals surface area contributed by atoms with Crippen molar-refractivity contribution in [3.63, 3.8) is 0 Å². The standard InChI is InChI=1S/C15H20N8O4S2/c16-12-4-1-8(5-19-12)10-2-3-11(28(24,25)9-6-18-7-9)14(29(17,26)27)13(10)15-20-22-23-21-15/h1-5,9,15,18,20-23H,6-7H2,(H2,16,19)(H2,17,26,27). The molecule has 2 aliphatic rings. The number of nitrogen functional groups attached to an aromatic ring is 1. The van der Waals surface area contributed by atoms with Crippen LogP contribution in [0.1, 0.15) is 11.7 Å². The summed E-state index contributed by atoms with van der Waals surface area (Å²) in [5.41, 5.74) is 17.6. The van der Waals surface area contributed by atoms with E-state index in [-0.39, 0.29) is 23.5 Å². The first kappa shape index (κ1) is 20.1. The van der Waals surface area contributed by atoms with Crippen LogP contribution in [0.3, 0.4) is 0 Å². The molecular weight excluding hydrogens is 420 g/mol. The summed E-state index contributed by atoms with van der Waals surface area (Å²) in [5, 5.41) is 7.67. The van der Waals surface area contributed by atoms with Crippen LogP contribution in [0.25, 0.3) is 11.1 Å². The molecular formula is C15H20N8O4S2. The van der Waals surface area contributed by atoms with E-state index in [4.69, 9.17) is 10.9 Å². The minimum Gasteiger partial charge on any atom is -0.384 e. The fourth-order valence-electron chi connectivity index (χ4n) is 3.26. The SMILES string of the molecule is Nc1ccc(-c2ccc(S(=O)(=O)C3CNC3)c(S(N)(=O)=O)c2C2NNNN2)cn1. The summed E-state index contributed by atoms with van der Waals surface area (Å²) in [5.74, 6) is 0.291. The van der Waals surface area contributed by atoms with Crippen LogP contribution < -0.4 is 38.1 Å². The maximum Gasteiger partial charge on any atom is 0.239 e. The van der Waals surface area contributed by atoms with E-state index in [0.29, 0.717) is 16.9 Å². The van der Waals surface area contributed by atoms with E-state index in [9.17, 15) is 16.8 Å². The summed E-state index contributed by atoms with van der Waals surface area (Å²) in [7, 11) is -8.35. The van der Waals surface area contributed by atoms with Crippen LogP contribution in [-0.2, 0) is 19.9 Å². The lowest BCUT2D eigenvalue weighted by Crippen LogP contribution is -2.51. The molecule has 9 N–H and O–H groups in total. The normalized spacial score (nSPS) is 18.7. The van der Waals surface area contributed by atoms with Crippen LogP contribution in [0.2, 0.25) is 0 Å². The number of aromatic nitrogens is 1. The topological polar surface area (TPSA) is 193 Å². The van der Waals surface area contributed by atoms with Gasteiger partial charge in [-0.15, -0.1) is 0 Å². The quantitative estimate of drug-likeness (QED) is 0.268. The van der Waals surface area contributed by atoms with E-state index < -0.39 is 36.2 Å². The van der Waals surface area contributed by atoms with Gasteiger partial charge in [0.15, 0.2) is 9.84 Å². The Bertz CT molecular complexity index is 1140. The van der Waals surface area contributed by atoms with E-state index in [1.807, 2.05) is 0 Å². The van der Waals surface area contributed by atoms with Crippen molar-refractivity contribution in [1.29, 1.82) is 0 Å². The molecule has 0 radical (unpaired) electrons. The molecule has 0 bridgehead atoms. The van der Waals surface area contributed by atoms with Crippen molar-refractivity contribution in [1.82, 2.24) is 32.2 Å². The molecule has 0 atom stereocenters. The summed E-state index contributed by atoms with van der Waals surface area (Å²) in [6.45, 7) is 0.489. The summed E-state index contributed by atoms with van der Waals surface area (Å²) >= 11 is 0. The number of pyridine rings is 1. The molecule has 4 rings (SSSR count). The van der Waals surface area contributed by atoms with Gasteiger partial charge in [0.2, 0.25) is 10.0 Å². The van der Waals surface area contributed by atoms with Crippen LogP contribution in [-0.4, -0.2) is 40.2 Å². The lowest BCUT2D eigenvalue weighted by Gasteiger charge is -2.29. The van der Waals surface area contributed by atoms with E-state index >= 15 is 0 Å². The molecule has 0 unspecified atom stereocenters. The summed E-state index contributed by atoms with van der Waals surface area (Å²) in [6.07, 6.45) is 0.673. The predicted octanol–water partition coefficient (Wildman–Crippen LogP) is -2.16. The van der Waals surface area contributed by atoms with Crippen LogP contribution >= 0.6 is 0 Å².